The zero-order valence-corrected chi connectivity index (χ0v) is 8.86. The van der Waals surface area contributed by atoms with Gasteiger partial charge in [-0.25, -0.2) is 0 Å². The van der Waals surface area contributed by atoms with Crippen LogP contribution in [0.25, 0.3) is 0 Å². The van der Waals surface area contributed by atoms with Gasteiger partial charge in [0.25, 0.3) is 0 Å². The Balaban J connectivity index is 2.30. The second-order valence-corrected chi connectivity index (χ2v) is 4.24. The standard InChI is InChI=1S/C12H15NO2/c1-8-5-9-3-2-4-10(6-11(14)15)12(9)13-7-8/h5,7,10H,2-4,6H2,1H3,(H,14,15). The number of aryl methyl sites for hydroxylation is 2. The summed E-state index contributed by atoms with van der Waals surface area (Å²) in [5.41, 5.74) is 3.41. The van der Waals surface area contributed by atoms with Crippen LogP contribution in [0.5, 0.6) is 0 Å². The van der Waals surface area contributed by atoms with Gasteiger partial charge in [0.1, 0.15) is 0 Å². The molecule has 0 spiro atoms. The van der Waals surface area contributed by atoms with E-state index < -0.39 is 5.97 Å². The first-order valence-electron chi connectivity index (χ1n) is 5.34. The van der Waals surface area contributed by atoms with Crippen LogP contribution in [0.15, 0.2) is 12.3 Å². The quantitative estimate of drug-likeness (QED) is 0.805. The van der Waals surface area contributed by atoms with E-state index >= 15 is 0 Å². The Kier molecular flexibility index (Phi) is 2.71. The number of carbonyl (C=O) groups is 1. The lowest BCUT2D eigenvalue weighted by Crippen LogP contribution is -2.15. The summed E-state index contributed by atoms with van der Waals surface area (Å²) in [5, 5.41) is 8.82. The predicted octanol–water partition coefficient (Wildman–Crippen LogP) is 2.28. The summed E-state index contributed by atoms with van der Waals surface area (Å²) < 4.78 is 0. The maximum atomic E-state index is 10.7. The van der Waals surface area contributed by atoms with Gasteiger partial charge in [0, 0.05) is 17.8 Å². The van der Waals surface area contributed by atoms with Crippen molar-refractivity contribution in [1.29, 1.82) is 0 Å². The fourth-order valence-electron chi connectivity index (χ4n) is 2.29. The highest BCUT2D eigenvalue weighted by atomic mass is 16.4. The van der Waals surface area contributed by atoms with Crippen LogP contribution in [0, 0.1) is 6.92 Å². The number of rotatable bonds is 2. The summed E-state index contributed by atoms with van der Waals surface area (Å²) in [6.45, 7) is 2.02. The molecule has 3 heteroatoms. The van der Waals surface area contributed by atoms with Crippen molar-refractivity contribution in [3.8, 4) is 0 Å². The second-order valence-electron chi connectivity index (χ2n) is 4.24. The van der Waals surface area contributed by atoms with Gasteiger partial charge in [-0.1, -0.05) is 6.07 Å². The van der Waals surface area contributed by atoms with E-state index in [2.05, 4.69) is 11.1 Å². The maximum absolute atomic E-state index is 10.7. The monoisotopic (exact) mass is 205 g/mol. The van der Waals surface area contributed by atoms with Gasteiger partial charge in [-0.3, -0.25) is 9.78 Å². The van der Waals surface area contributed by atoms with Crippen molar-refractivity contribution < 1.29 is 9.90 Å². The molecular weight excluding hydrogens is 190 g/mol. The van der Waals surface area contributed by atoms with Gasteiger partial charge in [-0.05, 0) is 37.3 Å². The molecule has 1 aromatic heterocycles. The number of hydrogen-bond acceptors (Lipinski definition) is 2. The maximum Gasteiger partial charge on any atom is 0.304 e. The normalized spacial score (nSPS) is 19.7. The minimum absolute atomic E-state index is 0.117. The minimum Gasteiger partial charge on any atom is -0.481 e. The molecular formula is C12H15NO2. The molecule has 0 radical (unpaired) electrons. The molecule has 0 aliphatic heterocycles. The van der Waals surface area contributed by atoms with E-state index in [9.17, 15) is 4.79 Å². The first kappa shape index (κ1) is 10.1. The summed E-state index contributed by atoms with van der Waals surface area (Å²) in [5.74, 6) is -0.609. The zero-order valence-electron chi connectivity index (χ0n) is 8.86. The number of nitrogens with zero attached hydrogens (tertiary/aromatic N) is 1. The van der Waals surface area contributed by atoms with Crippen LogP contribution in [0.2, 0.25) is 0 Å². The SMILES string of the molecule is Cc1cnc2c(c1)CCCC2CC(=O)O. The first-order chi connectivity index (χ1) is 7.16. The van der Waals surface area contributed by atoms with Crippen LogP contribution in [0.1, 0.15) is 42.0 Å². The average Bonchev–Trinajstić information content (AvgIpc) is 2.16. The number of aromatic nitrogens is 1. The number of carboxylic acids is 1. The van der Waals surface area contributed by atoms with Crippen molar-refractivity contribution in [2.24, 2.45) is 0 Å². The Hall–Kier alpha value is -1.38. The van der Waals surface area contributed by atoms with Crippen LogP contribution in [0.4, 0.5) is 0 Å². The molecule has 0 saturated carbocycles. The van der Waals surface area contributed by atoms with E-state index in [1.54, 1.807) is 0 Å². The molecule has 1 heterocycles. The lowest BCUT2D eigenvalue weighted by atomic mass is 9.84. The minimum atomic E-state index is -0.727. The van der Waals surface area contributed by atoms with Crippen LogP contribution in [-0.4, -0.2) is 16.1 Å². The molecule has 80 valence electrons. The third kappa shape index (κ3) is 2.17. The molecule has 1 unspecified atom stereocenters. The number of pyridine rings is 1. The number of fused-ring (bicyclic) bond motifs is 1. The van der Waals surface area contributed by atoms with Crippen molar-refractivity contribution >= 4 is 5.97 Å². The molecule has 0 saturated heterocycles. The van der Waals surface area contributed by atoms with Crippen LogP contribution >= 0.6 is 0 Å². The first-order valence-corrected chi connectivity index (χ1v) is 5.34. The topological polar surface area (TPSA) is 50.2 Å². The highest BCUT2D eigenvalue weighted by Gasteiger charge is 2.23. The summed E-state index contributed by atoms with van der Waals surface area (Å²) in [6, 6.07) is 2.14. The third-order valence-corrected chi connectivity index (χ3v) is 2.94. The molecule has 1 atom stereocenters. The van der Waals surface area contributed by atoms with Crippen LogP contribution in [0.3, 0.4) is 0 Å². The van der Waals surface area contributed by atoms with Gasteiger partial charge >= 0.3 is 5.97 Å². The van der Waals surface area contributed by atoms with Crippen molar-refractivity contribution in [3.63, 3.8) is 0 Å². The Bertz CT molecular complexity index is 387. The van der Waals surface area contributed by atoms with E-state index in [0.29, 0.717) is 0 Å². The second kappa shape index (κ2) is 4.01. The summed E-state index contributed by atoms with van der Waals surface area (Å²) in [7, 11) is 0. The van der Waals surface area contributed by atoms with Crippen molar-refractivity contribution in [3.05, 3.63) is 29.1 Å². The van der Waals surface area contributed by atoms with E-state index in [4.69, 9.17) is 5.11 Å². The smallest absolute Gasteiger partial charge is 0.304 e. The molecule has 1 aromatic rings. The molecule has 0 fully saturated rings. The van der Waals surface area contributed by atoms with Gasteiger partial charge in [0.15, 0.2) is 0 Å². The molecule has 1 aliphatic rings. The van der Waals surface area contributed by atoms with Gasteiger partial charge in [-0.2, -0.15) is 0 Å². The highest BCUT2D eigenvalue weighted by Crippen LogP contribution is 2.32. The summed E-state index contributed by atoms with van der Waals surface area (Å²) in [4.78, 5) is 15.1. The molecule has 3 nitrogen and oxygen atoms in total. The molecule has 2 rings (SSSR count). The summed E-state index contributed by atoms with van der Waals surface area (Å²) >= 11 is 0. The molecule has 1 aliphatic carbocycles. The lowest BCUT2D eigenvalue weighted by Gasteiger charge is -2.23. The van der Waals surface area contributed by atoms with E-state index in [1.165, 1.54) is 5.56 Å². The van der Waals surface area contributed by atoms with Crippen LogP contribution < -0.4 is 0 Å². The van der Waals surface area contributed by atoms with Crippen molar-refractivity contribution in [1.82, 2.24) is 4.98 Å². The predicted molar refractivity (Wildman–Crippen MR) is 56.9 cm³/mol. The zero-order chi connectivity index (χ0) is 10.8. The number of carboxylic acid groups (broad SMARTS) is 1. The Morgan fingerprint density at radius 1 is 1.67 bits per heavy atom. The Labute approximate surface area is 89.2 Å². The average molecular weight is 205 g/mol. The van der Waals surface area contributed by atoms with Crippen molar-refractivity contribution in [2.75, 3.05) is 0 Å². The Morgan fingerprint density at radius 3 is 3.20 bits per heavy atom. The Morgan fingerprint density at radius 2 is 2.47 bits per heavy atom. The van der Waals surface area contributed by atoms with E-state index in [-0.39, 0.29) is 12.3 Å². The van der Waals surface area contributed by atoms with E-state index in [1.807, 2.05) is 13.1 Å². The van der Waals surface area contributed by atoms with Gasteiger partial charge in [0.2, 0.25) is 0 Å². The lowest BCUT2D eigenvalue weighted by molar-refractivity contribution is -0.137. The fourth-order valence-corrected chi connectivity index (χ4v) is 2.29. The molecule has 15 heavy (non-hydrogen) atoms. The van der Waals surface area contributed by atoms with Crippen molar-refractivity contribution in [2.45, 2.75) is 38.5 Å². The van der Waals surface area contributed by atoms with Gasteiger partial charge < -0.3 is 5.11 Å². The van der Waals surface area contributed by atoms with E-state index in [0.717, 1.165) is 30.5 Å². The molecule has 0 amide bonds. The molecule has 0 bridgehead atoms. The summed E-state index contributed by atoms with van der Waals surface area (Å²) in [6.07, 6.45) is 5.12. The number of hydrogen-bond donors (Lipinski definition) is 1. The van der Waals surface area contributed by atoms with Gasteiger partial charge in [0.05, 0.1) is 6.42 Å². The third-order valence-electron chi connectivity index (χ3n) is 2.94. The number of aliphatic carboxylic acids is 1. The van der Waals surface area contributed by atoms with Gasteiger partial charge in [-0.15, -0.1) is 0 Å². The fraction of sp³-hybridized carbons (Fsp3) is 0.500. The van der Waals surface area contributed by atoms with Crippen LogP contribution in [-0.2, 0) is 11.2 Å². The highest BCUT2D eigenvalue weighted by molar-refractivity contribution is 5.68. The molecule has 0 aromatic carbocycles. The molecule has 1 N–H and O–H groups in total. The largest absolute Gasteiger partial charge is 0.481 e.